The van der Waals surface area contributed by atoms with Gasteiger partial charge in [0.15, 0.2) is 0 Å². The molecule has 4 nitrogen and oxygen atoms in total. The van der Waals surface area contributed by atoms with Crippen molar-refractivity contribution in [1.29, 1.82) is 0 Å². The molecule has 0 aliphatic carbocycles. The number of benzene rings is 1. The van der Waals surface area contributed by atoms with Crippen molar-refractivity contribution in [2.75, 3.05) is 13.1 Å². The number of hydrogen-bond donors (Lipinski definition) is 0. The number of amides is 1. The second-order valence-corrected chi connectivity index (χ2v) is 6.21. The van der Waals surface area contributed by atoms with Gasteiger partial charge in [0.05, 0.1) is 0 Å². The average molecular weight is 297 g/mol. The Hall–Kier alpha value is -2.10. The largest absolute Gasteiger partial charge is 0.338 e. The van der Waals surface area contributed by atoms with Crippen LogP contribution in [0.4, 0.5) is 0 Å². The zero-order chi connectivity index (χ0) is 15.7. The lowest BCUT2D eigenvalue weighted by Crippen LogP contribution is -2.39. The predicted molar refractivity (Wildman–Crippen MR) is 87.1 cm³/mol. The Bertz CT molecular complexity index is 662. The lowest BCUT2D eigenvalue weighted by Gasteiger charge is -2.33. The number of likely N-dealkylation sites (tertiary alicyclic amines) is 1. The quantitative estimate of drug-likeness (QED) is 0.853. The van der Waals surface area contributed by atoms with Crippen LogP contribution in [0, 0.1) is 20.8 Å². The van der Waals surface area contributed by atoms with E-state index in [0.29, 0.717) is 6.04 Å². The summed E-state index contributed by atoms with van der Waals surface area (Å²) in [6, 6.07) is 8.31. The van der Waals surface area contributed by atoms with Crippen LogP contribution in [-0.4, -0.2) is 33.4 Å². The topological polar surface area (TPSA) is 38.1 Å². The van der Waals surface area contributed by atoms with Gasteiger partial charge in [0.25, 0.3) is 5.91 Å². The van der Waals surface area contributed by atoms with E-state index in [-0.39, 0.29) is 5.91 Å². The molecule has 1 saturated heterocycles. The third-order valence-corrected chi connectivity index (χ3v) is 4.55. The smallest absolute Gasteiger partial charge is 0.253 e. The summed E-state index contributed by atoms with van der Waals surface area (Å²) in [5, 5.41) is 0. The van der Waals surface area contributed by atoms with Gasteiger partial charge in [-0.15, -0.1) is 0 Å². The van der Waals surface area contributed by atoms with Crippen LogP contribution >= 0.6 is 0 Å². The molecule has 2 aromatic rings. The van der Waals surface area contributed by atoms with Crippen molar-refractivity contribution in [2.45, 2.75) is 39.7 Å². The van der Waals surface area contributed by atoms with Gasteiger partial charge in [-0.25, -0.2) is 4.98 Å². The number of aromatic nitrogens is 2. The van der Waals surface area contributed by atoms with Crippen LogP contribution in [0.5, 0.6) is 0 Å². The first-order valence-corrected chi connectivity index (χ1v) is 7.92. The Labute approximate surface area is 131 Å². The van der Waals surface area contributed by atoms with E-state index in [1.165, 1.54) is 5.69 Å². The SMILES string of the molecule is Cc1cccc(C(=O)N2CCC(n3c(C)cnc3C)CC2)c1. The third kappa shape index (κ3) is 2.78. The molecule has 0 saturated carbocycles. The minimum atomic E-state index is 0.154. The number of aryl methyl sites for hydroxylation is 3. The molecule has 0 unspecified atom stereocenters. The summed E-state index contributed by atoms with van der Waals surface area (Å²) in [5.41, 5.74) is 3.14. The van der Waals surface area contributed by atoms with E-state index in [0.717, 1.165) is 42.9 Å². The molecule has 116 valence electrons. The van der Waals surface area contributed by atoms with Gasteiger partial charge in [0, 0.05) is 36.6 Å². The lowest BCUT2D eigenvalue weighted by molar-refractivity contribution is 0.0693. The predicted octanol–water partition coefficient (Wildman–Crippen LogP) is 3.29. The molecule has 1 fully saturated rings. The van der Waals surface area contributed by atoms with Crippen LogP contribution in [0.3, 0.4) is 0 Å². The van der Waals surface area contributed by atoms with Crippen molar-refractivity contribution in [1.82, 2.24) is 14.5 Å². The van der Waals surface area contributed by atoms with Crippen LogP contribution in [-0.2, 0) is 0 Å². The number of nitrogens with zero attached hydrogens (tertiary/aromatic N) is 3. The maximum atomic E-state index is 12.6. The Morgan fingerprint density at radius 2 is 1.91 bits per heavy atom. The van der Waals surface area contributed by atoms with Crippen molar-refractivity contribution in [3.05, 3.63) is 53.1 Å². The van der Waals surface area contributed by atoms with E-state index in [1.807, 2.05) is 42.3 Å². The van der Waals surface area contributed by atoms with Gasteiger partial charge in [-0.1, -0.05) is 17.7 Å². The van der Waals surface area contributed by atoms with Gasteiger partial charge in [-0.05, 0) is 45.7 Å². The van der Waals surface area contributed by atoms with E-state index in [2.05, 4.69) is 23.4 Å². The number of piperidine rings is 1. The van der Waals surface area contributed by atoms with Crippen LogP contribution in [0.25, 0.3) is 0 Å². The first-order valence-electron chi connectivity index (χ1n) is 7.92. The second kappa shape index (κ2) is 5.95. The fraction of sp³-hybridized carbons (Fsp3) is 0.444. The molecule has 1 amide bonds. The molecule has 1 aromatic heterocycles. The lowest BCUT2D eigenvalue weighted by atomic mass is 10.0. The van der Waals surface area contributed by atoms with Crippen molar-refractivity contribution in [3.63, 3.8) is 0 Å². The summed E-state index contributed by atoms with van der Waals surface area (Å²) in [4.78, 5) is 19.0. The normalized spacial score (nSPS) is 16.0. The average Bonchev–Trinajstić information content (AvgIpc) is 2.86. The summed E-state index contributed by atoms with van der Waals surface area (Å²) < 4.78 is 2.31. The highest BCUT2D eigenvalue weighted by molar-refractivity contribution is 5.94. The van der Waals surface area contributed by atoms with Crippen molar-refractivity contribution in [3.8, 4) is 0 Å². The molecular weight excluding hydrogens is 274 g/mol. The van der Waals surface area contributed by atoms with Gasteiger partial charge in [-0.2, -0.15) is 0 Å². The standard InChI is InChI=1S/C18H23N3O/c1-13-5-4-6-16(11-13)18(22)20-9-7-17(8-10-20)21-14(2)12-19-15(21)3/h4-6,11-12,17H,7-10H2,1-3H3. The maximum Gasteiger partial charge on any atom is 0.253 e. The third-order valence-electron chi connectivity index (χ3n) is 4.55. The number of imidazole rings is 1. The summed E-state index contributed by atoms with van der Waals surface area (Å²) >= 11 is 0. The molecule has 4 heteroatoms. The summed E-state index contributed by atoms with van der Waals surface area (Å²) in [6.45, 7) is 7.80. The molecule has 1 aliphatic heterocycles. The Morgan fingerprint density at radius 1 is 1.18 bits per heavy atom. The van der Waals surface area contributed by atoms with Gasteiger partial charge in [-0.3, -0.25) is 4.79 Å². The minimum Gasteiger partial charge on any atom is -0.338 e. The highest BCUT2D eigenvalue weighted by atomic mass is 16.2. The molecule has 1 aliphatic rings. The Kier molecular flexibility index (Phi) is 4.01. The first kappa shape index (κ1) is 14.8. The molecule has 2 heterocycles. The maximum absolute atomic E-state index is 12.6. The number of hydrogen-bond acceptors (Lipinski definition) is 2. The molecule has 3 rings (SSSR count). The fourth-order valence-electron chi connectivity index (χ4n) is 3.41. The van der Waals surface area contributed by atoms with Crippen molar-refractivity contribution in [2.24, 2.45) is 0 Å². The van der Waals surface area contributed by atoms with E-state index in [1.54, 1.807) is 0 Å². The minimum absolute atomic E-state index is 0.154. The van der Waals surface area contributed by atoms with Crippen molar-refractivity contribution >= 4 is 5.91 Å². The second-order valence-electron chi connectivity index (χ2n) is 6.21. The number of carbonyl (C=O) groups is 1. The monoisotopic (exact) mass is 297 g/mol. The van der Waals surface area contributed by atoms with E-state index in [4.69, 9.17) is 0 Å². The zero-order valence-corrected chi connectivity index (χ0v) is 13.5. The summed E-state index contributed by atoms with van der Waals surface area (Å²) in [7, 11) is 0. The highest BCUT2D eigenvalue weighted by Gasteiger charge is 2.25. The van der Waals surface area contributed by atoms with Crippen LogP contribution in [0.15, 0.2) is 30.5 Å². The zero-order valence-electron chi connectivity index (χ0n) is 13.5. The summed E-state index contributed by atoms with van der Waals surface area (Å²) in [5.74, 6) is 1.22. The molecule has 1 aromatic carbocycles. The summed E-state index contributed by atoms with van der Waals surface area (Å²) in [6.07, 6.45) is 3.92. The van der Waals surface area contributed by atoms with Crippen LogP contribution in [0.2, 0.25) is 0 Å². The molecule has 0 atom stereocenters. The molecule has 0 N–H and O–H groups in total. The highest BCUT2D eigenvalue weighted by Crippen LogP contribution is 2.26. The molecule has 0 radical (unpaired) electrons. The van der Waals surface area contributed by atoms with E-state index >= 15 is 0 Å². The van der Waals surface area contributed by atoms with E-state index < -0.39 is 0 Å². The molecule has 0 bridgehead atoms. The number of carbonyl (C=O) groups excluding carboxylic acids is 1. The van der Waals surface area contributed by atoms with Crippen LogP contribution < -0.4 is 0 Å². The fourth-order valence-corrected chi connectivity index (χ4v) is 3.41. The van der Waals surface area contributed by atoms with E-state index in [9.17, 15) is 4.79 Å². The molecular formula is C18H23N3O. The van der Waals surface area contributed by atoms with Crippen molar-refractivity contribution < 1.29 is 4.79 Å². The van der Waals surface area contributed by atoms with Crippen LogP contribution in [0.1, 0.15) is 46.3 Å². The first-order chi connectivity index (χ1) is 10.6. The molecule has 22 heavy (non-hydrogen) atoms. The Balaban J connectivity index is 1.68. The number of rotatable bonds is 2. The van der Waals surface area contributed by atoms with Gasteiger partial charge in [0.1, 0.15) is 5.82 Å². The Morgan fingerprint density at radius 3 is 2.50 bits per heavy atom. The van der Waals surface area contributed by atoms with Gasteiger partial charge >= 0.3 is 0 Å². The molecule has 0 spiro atoms. The van der Waals surface area contributed by atoms with Gasteiger partial charge in [0.2, 0.25) is 0 Å². The van der Waals surface area contributed by atoms with Gasteiger partial charge < -0.3 is 9.47 Å².